The number of aromatic amines is 1. The highest BCUT2D eigenvalue weighted by Gasteiger charge is 2.22. The summed E-state index contributed by atoms with van der Waals surface area (Å²) in [5.41, 5.74) is 1.67. The van der Waals surface area contributed by atoms with E-state index in [-0.39, 0.29) is 5.91 Å². The maximum atomic E-state index is 12.1. The fraction of sp³-hybridized carbons (Fsp3) is 0.250. The van der Waals surface area contributed by atoms with Gasteiger partial charge in [0.1, 0.15) is 0 Å². The highest BCUT2D eigenvalue weighted by atomic mass is 16.7. The second-order valence-electron chi connectivity index (χ2n) is 3.84. The van der Waals surface area contributed by atoms with Crippen LogP contribution in [0.5, 0.6) is 0 Å². The topological polar surface area (TPSA) is 45.3 Å². The number of benzene rings is 1. The lowest BCUT2D eigenvalue weighted by Crippen LogP contribution is -2.26. The maximum absolute atomic E-state index is 12.1. The van der Waals surface area contributed by atoms with Crippen LogP contribution in [0.15, 0.2) is 30.5 Å². The molecule has 82 valence electrons. The second kappa shape index (κ2) is 3.64. The molecule has 1 aliphatic rings. The molecule has 0 bridgehead atoms. The van der Waals surface area contributed by atoms with E-state index >= 15 is 0 Å². The average molecular weight is 216 g/mol. The molecule has 0 spiro atoms. The van der Waals surface area contributed by atoms with Crippen LogP contribution in [0, 0.1) is 0 Å². The van der Waals surface area contributed by atoms with Gasteiger partial charge in [-0.3, -0.25) is 9.63 Å². The SMILES string of the molecule is O=C(c1cccc2[nH]ccc12)N1CCCO1. The molecule has 0 atom stereocenters. The van der Waals surface area contributed by atoms with Gasteiger partial charge in [-0.05, 0) is 24.6 Å². The van der Waals surface area contributed by atoms with E-state index in [2.05, 4.69) is 4.98 Å². The summed E-state index contributed by atoms with van der Waals surface area (Å²) >= 11 is 0. The van der Waals surface area contributed by atoms with E-state index < -0.39 is 0 Å². The van der Waals surface area contributed by atoms with Crippen molar-refractivity contribution in [1.82, 2.24) is 10.0 Å². The summed E-state index contributed by atoms with van der Waals surface area (Å²) in [6, 6.07) is 7.58. The molecular weight excluding hydrogens is 204 g/mol. The lowest BCUT2D eigenvalue weighted by atomic mass is 10.1. The van der Waals surface area contributed by atoms with Gasteiger partial charge in [0.05, 0.1) is 18.7 Å². The predicted molar refractivity (Wildman–Crippen MR) is 59.9 cm³/mol. The van der Waals surface area contributed by atoms with E-state index in [1.807, 2.05) is 30.5 Å². The summed E-state index contributed by atoms with van der Waals surface area (Å²) in [7, 11) is 0. The van der Waals surface area contributed by atoms with Crippen LogP contribution in [0.3, 0.4) is 0 Å². The zero-order valence-corrected chi connectivity index (χ0v) is 8.77. The van der Waals surface area contributed by atoms with E-state index in [0.29, 0.717) is 18.7 Å². The third kappa shape index (κ3) is 1.39. The van der Waals surface area contributed by atoms with Crippen molar-refractivity contribution in [2.24, 2.45) is 0 Å². The maximum Gasteiger partial charge on any atom is 0.278 e. The fourth-order valence-corrected chi connectivity index (χ4v) is 2.01. The number of amides is 1. The number of carbonyl (C=O) groups excluding carboxylic acids is 1. The van der Waals surface area contributed by atoms with Crippen molar-refractivity contribution in [3.8, 4) is 0 Å². The van der Waals surface area contributed by atoms with Crippen molar-refractivity contribution in [2.45, 2.75) is 6.42 Å². The molecule has 0 saturated carbocycles. The smallest absolute Gasteiger partial charge is 0.278 e. The van der Waals surface area contributed by atoms with Gasteiger partial charge in [0.15, 0.2) is 0 Å². The minimum absolute atomic E-state index is 0.0531. The summed E-state index contributed by atoms with van der Waals surface area (Å²) in [5, 5.41) is 2.39. The Labute approximate surface area is 92.8 Å². The molecule has 1 aliphatic heterocycles. The molecular formula is C12H12N2O2. The van der Waals surface area contributed by atoms with Crippen LogP contribution < -0.4 is 0 Å². The molecule has 16 heavy (non-hydrogen) atoms. The quantitative estimate of drug-likeness (QED) is 0.791. The lowest BCUT2D eigenvalue weighted by molar-refractivity contribution is -0.0767. The first-order valence-corrected chi connectivity index (χ1v) is 5.37. The molecule has 4 nitrogen and oxygen atoms in total. The Bertz CT molecular complexity index is 527. The minimum Gasteiger partial charge on any atom is -0.361 e. The van der Waals surface area contributed by atoms with Gasteiger partial charge in [0.2, 0.25) is 0 Å². The van der Waals surface area contributed by atoms with Crippen molar-refractivity contribution in [2.75, 3.05) is 13.2 Å². The zero-order chi connectivity index (χ0) is 11.0. The van der Waals surface area contributed by atoms with E-state index in [1.54, 1.807) is 0 Å². The van der Waals surface area contributed by atoms with Crippen LogP contribution in [0.4, 0.5) is 0 Å². The van der Waals surface area contributed by atoms with Gasteiger partial charge in [-0.15, -0.1) is 0 Å². The van der Waals surface area contributed by atoms with Crippen LogP contribution >= 0.6 is 0 Å². The number of fused-ring (bicyclic) bond motifs is 1. The van der Waals surface area contributed by atoms with Crippen LogP contribution in [0.1, 0.15) is 16.8 Å². The third-order valence-electron chi connectivity index (χ3n) is 2.80. The Kier molecular flexibility index (Phi) is 2.15. The summed E-state index contributed by atoms with van der Waals surface area (Å²) in [6.07, 6.45) is 2.75. The molecule has 4 heteroatoms. The molecule has 0 radical (unpaired) electrons. The number of hydrogen-bond acceptors (Lipinski definition) is 2. The number of carbonyl (C=O) groups is 1. The van der Waals surface area contributed by atoms with Gasteiger partial charge < -0.3 is 4.98 Å². The number of H-pyrrole nitrogens is 1. The minimum atomic E-state index is -0.0531. The summed E-state index contributed by atoms with van der Waals surface area (Å²) in [6.45, 7) is 1.31. The molecule has 0 aliphatic carbocycles. The Morgan fingerprint density at radius 3 is 3.12 bits per heavy atom. The molecule has 1 amide bonds. The molecule has 1 fully saturated rings. The largest absolute Gasteiger partial charge is 0.361 e. The summed E-state index contributed by atoms with van der Waals surface area (Å²) < 4.78 is 0. The molecule has 1 aromatic carbocycles. The first-order chi connectivity index (χ1) is 7.86. The lowest BCUT2D eigenvalue weighted by Gasteiger charge is -2.14. The van der Waals surface area contributed by atoms with Gasteiger partial charge in [0, 0.05) is 17.1 Å². The van der Waals surface area contributed by atoms with Crippen LogP contribution in [0.25, 0.3) is 10.9 Å². The van der Waals surface area contributed by atoms with Crippen LogP contribution in [0.2, 0.25) is 0 Å². The summed E-state index contributed by atoms with van der Waals surface area (Å²) in [5.74, 6) is -0.0531. The highest BCUT2D eigenvalue weighted by Crippen LogP contribution is 2.20. The Hall–Kier alpha value is -1.81. The molecule has 0 unspecified atom stereocenters. The second-order valence-corrected chi connectivity index (χ2v) is 3.84. The molecule has 1 aromatic heterocycles. The number of hydrogen-bond donors (Lipinski definition) is 1. The normalized spacial score (nSPS) is 15.9. The number of aromatic nitrogens is 1. The monoisotopic (exact) mass is 216 g/mol. The van der Waals surface area contributed by atoms with E-state index in [9.17, 15) is 4.79 Å². The molecule has 3 rings (SSSR count). The van der Waals surface area contributed by atoms with E-state index in [4.69, 9.17) is 4.84 Å². The molecule has 2 aromatic rings. The van der Waals surface area contributed by atoms with Crippen molar-refractivity contribution in [3.05, 3.63) is 36.0 Å². The Morgan fingerprint density at radius 1 is 1.38 bits per heavy atom. The van der Waals surface area contributed by atoms with Gasteiger partial charge in [-0.2, -0.15) is 0 Å². The van der Waals surface area contributed by atoms with Crippen molar-refractivity contribution < 1.29 is 9.63 Å². The Morgan fingerprint density at radius 2 is 2.31 bits per heavy atom. The predicted octanol–water partition coefficient (Wildman–Crippen LogP) is 1.95. The van der Waals surface area contributed by atoms with Gasteiger partial charge in [-0.25, -0.2) is 5.06 Å². The van der Waals surface area contributed by atoms with Crippen LogP contribution in [-0.2, 0) is 4.84 Å². The van der Waals surface area contributed by atoms with Crippen LogP contribution in [-0.4, -0.2) is 29.1 Å². The number of hydroxylamine groups is 2. The fourth-order valence-electron chi connectivity index (χ4n) is 2.01. The standard InChI is InChI=1S/C12H12N2O2/c15-12(14-7-2-8-16-14)10-3-1-4-11-9(10)5-6-13-11/h1,3-6,13H,2,7-8H2. The van der Waals surface area contributed by atoms with Gasteiger partial charge >= 0.3 is 0 Å². The first-order valence-electron chi connectivity index (χ1n) is 5.37. The number of nitrogens with one attached hydrogen (secondary N) is 1. The molecule has 1 saturated heterocycles. The zero-order valence-electron chi connectivity index (χ0n) is 8.77. The molecule has 1 N–H and O–H groups in total. The van der Waals surface area contributed by atoms with Gasteiger partial charge in [0.25, 0.3) is 5.91 Å². The van der Waals surface area contributed by atoms with E-state index in [1.165, 1.54) is 5.06 Å². The third-order valence-corrected chi connectivity index (χ3v) is 2.80. The van der Waals surface area contributed by atoms with Crippen molar-refractivity contribution in [3.63, 3.8) is 0 Å². The summed E-state index contributed by atoms with van der Waals surface area (Å²) in [4.78, 5) is 20.5. The van der Waals surface area contributed by atoms with E-state index in [0.717, 1.165) is 17.3 Å². The van der Waals surface area contributed by atoms with Crippen molar-refractivity contribution in [1.29, 1.82) is 0 Å². The Balaban J connectivity index is 2.04. The first kappa shape index (κ1) is 9.42. The molecule has 2 heterocycles. The van der Waals surface area contributed by atoms with Gasteiger partial charge in [-0.1, -0.05) is 6.07 Å². The number of nitrogens with zero attached hydrogens (tertiary/aromatic N) is 1. The highest BCUT2D eigenvalue weighted by molar-refractivity contribution is 6.06. The van der Waals surface area contributed by atoms with Crippen molar-refractivity contribution >= 4 is 16.8 Å². The average Bonchev–Trinajstić information content (AvgIpc) is 2.98. The number of rotatable bonds is 1.